The van der Waals surface area contributed by atoms with Crippen molar-refractivity contribution in [1.82, 2.24) is 4.90 Å². The Balaban J connectivity index is 2.04. The number of aryl methyl sites for hydroxylation is 2. The van der Waals surface area contributed by atoms with Crippen LogP contribution in [0.1, 0.15) is 55.3 Å². The van der Waals surface area contributed by atoms with Crippen molar-refractivity contribution in [2.75, 3.05) is 13.1 Å². The lowest BCUT2D eigenvalue weighted by Gasteiger charge is -2.25. The maximum Gasteiger partial charge on any atom is 0.222 e. The zero-order valence-electron chi connectivity index (χ0n) is 13.6. The van der Waals surface area contributed by atoms with Crippen LogP contribution in [-0.4, -0.2) is 23.9 Å². The summed E-state index contributed by atoms with van der Waals surface area (Å²) in [6.07, 6.45) is 3.99. The zero-order valence-corrected chi connectivity index (χ0v) is 13.6. The van der Waals surface area contributed by atoms with E-state index < -0.39 is 0 Å². The molecule has 0 radical (unpaired) electrons. The van der Waals surface area contributed by atoms with E-state index in [9.17, 15) is 4.79 Å². The highest BCUT2D eigenvalue weighted by Crippen LogP contribution is 2.23. The largest absolute Gasteiger partial charge is 0.341 e. The predicted molar refractivity (Wildman–Crippen MR) is 87.1 cm³/mol. The Hall–Kier alpha value is -1.35. The van der Waals surface area contributed by atoms with Crippen molar-refractivity contribution in [3.8, 4) is 0 Å². The van der Waals surface area contributed by atoms with Crippen molar-refractivity contribution in [3.63, 3.8) is 0 Å². The van der Waals surface area contributed by atoms with Crippen molar-refractivity contribution in [2.24, 2.45) is 11.7 Å². The number of hydrogen-bond acceptors (Lipinski definition) is 2. The maximum absolute atomic E-state index is 12.2. The molecule has 0 aliphatic carbocycles. The Morgan fingerprint density at radius 1 is 1.24 bits per heavy atom. The first-order chi connectivity index (χ1) is 9.99. The van der Waals surface area contributed by atoms with Crippen LogP contribution < -0.4 is 5.73 Å². The Morgan fingerprint density at radius 2 is 1.90 bits per heavy atom. The average Bonchev–Trinajstić information content (AvgIpc) is 2.60. The van der Waals surface area contributed by atoms with Gasteiger partial charge >= 0.3 is 0 Å². The molecule has 3 nitrogen and oxygen atoms in total. The molecule has 3 heteroatoms. The van der Waals surface area contributed by atoms with E-state index in [-0.39, 0.29) is 11.9 Å². The van der Waals surface area contributed by atoms with Gasteiger partial charge < -0.3 is 10.6 Å². The molecule has 1 aliphatic rings. The van der Waals surface area contributed by atoms with Gasteiger partial charge in [0, 0.05) is 25.6 Å². The number of benzene rings is 1. The van der Waals surface area contributed by atoms with Crippen molar-refractivity contribution >= 4 is 5.91 Å². The van der Waals surface area contributed by atoms with Gasteiger partial charge in [0.25, 0.3) is 0 Å². The highest BCUT2D eigenvalue weighted by Gasteiger charge is 2.23. The molecule has 0 saturated carbocycles. The van der Waals surface area contributed by atoms with Gasteiger partial charge in [-0.15, -0.1) is 0 Å². The maximum atomic E-state index is 12.2. The predicted octanol–water partition coefficient (Wildman–Crippen LogP) is 3.34. The summed E-state index contributed by atoms with van der Waals surface area (Å²) in [4.78, 5) is 14.2. The summed E-state index contributed by atoms with van der Waals surface area (Å²) in [5.74, 6) is 0.960. The van der Waals surface area contributed by atoms with Crippen LogP contribution >= 0.6 is 0 Å². The number of hydrogen-bond donors (Lipinski definition) is 1. The highest BCUT2D eigenvalue weighted by atomic mass is 16.2. The first kappa shape index (κ1) is 16.0. The van der Waals surface area contributed by atoms with Gasteiger partial charge in [-0.1, -0.05) is 42.7 Å². The summed E-state index contributed by atoms with van der Waals surface area (Å²) in [5.41, 5.74) is 9.95. The molecule has 2 atom stereocenters. The van der Waals surface area contributed by atoms with E-state index >= 15 is 0 Å². The van der Waals surface area contributed by atoms with Gasteiger partial charge in [0.05, 0.1) is 0 Å². The van der Waals surface area contributed by atoms with E-state index in [0.717, 1.165) is 24.9 Å². The number of amides is 1. The molecule has 0 spiro atoms. The molecule has 0 aromatic heterocycles. The second-order valence-corrected chi connectivity index (χ2v) is 6.47. The van der Waals surface area contributed by atoms with Gasteiger partial charge in [-0.3, -0.25) is 4.79 Å². The van der Waals surface area contributed by atoms with Gasteiger partial charge in [-0.05, 0) is 38.2 Å². The Labute approximate surface area is 128 Å². The lowest BCUT2D eigenvalue weighted by molar-refractivity contribution is -0.130. The van der Waals surface area contributed by atoms with Gasteiger partial charge in [0.15, 0.2) is 0 Å². The van der Waals surface area contributed by atoms with Gasteiger partial charge in [-0.25, -0.2) is 0 Å². The first-order valence-electron chi connectivity index (χ1n) is 8.11. The number of nitrogens with zero attached hydrogens (tertiary/aromatic N) is 1. The summed E-state index contributed by atoms with van der Waals surface area (Å²) in [6, 6.07) is 6.33. The smallest absolute Gasteiger partial charge is 0.222 e. The molecule has 1 aromatic rings. The minimum Gasteiger partial charge on any atom is -0.341 e. The fourth-order valence-electron chi connectivity index (χ4n) is 3.26. The van der Waals surface area contributed by atoms with Crippen LogP contribution in [0.15, 0.2) is 18.2 Å². The number of rotatable bonds is 4. The Kier molecular flexibility index (Phi) is 5.40. The molecule has 0 bridgehead atoms. The number of carbonyl (C=O) groups is 1. The quantitative estimate of drug-likeness (QED) is 0.923. The number of likely N-dealkylation sites (tertiary alicyclic amines) is 1. The molecule has 1 amide bonds. The molecule has 1 saturated heterocycles. The molecule has 2 rings (SSSR count). The van der Waals surface area contributed by atoms with Crippen LogP contribution in [0.4, 0.5) is 0 Å². The molecular weight excluding hydrogens is 260 g/mol. The molecule has 2 unspecified atom stereocenters. The Bertz CT molecular complexity index is 478. The fraction of sp³-hybridized carbons (Fsp3) is 0.611. The molecule has 21 heavy (non-hydrogen) atoms. The minimum atomic E-state index is -0.0919. The SMILES string of the molecule is CCC1CCC(=O)N(CC(N)c2cc(C)cc(C)c2)CC1. The highest BCUT2D eigenvalue weighted by molar-refractivity contribution is 5.76. The third kappa shape index (κ3) is 4.31. The summed E-state index contributed by atoms with van der Waals surface area (Å²) >= 11 is 0. The number of carbonyl (C=O) groups excluding carboxylic acids is 1. The molecular formula is C18H28N2O. The van der Waals surface area contributed by atoms with E-state index in [1.165, 1.54) is 17.5 Å². The Morgan fingerprint density at radius 3 is 2.52 bits per heavy atom. The fourth-order valence-corrected chi connectivity index (χ4v) is 3.26. The van der Waals surface area contributed by atoms with Crippen LogP contribution in [0.2, 0.25) is 0 Å². The van der Waals surface area contributed by atoms with Crippen LogP contribution in [0.5, 0.6) is 0 Å². The van der Waals surface area contributed by atoms with Gasteiger partial charge in [0.2, 0.25) is 5.91 Å². The molecule has 2 N–H and O–H groups in total. The average molecular weight is 288 g/mol. The van der Waals surface area contributed by atoms with E-state index in [1.807, 2.05) is 4.90 Å². The van der Waals surface area contributed by atoms with E-state index in [1.54, 1.807) is 0 Å². The van der Waals surface area contributed by atoms with Crippen molar-refractivity contribution in [1.29, 1.82) is 0 Å². The zero-order chi connectivity index (χ0) is 15.4. The molecule has 1 aliphatic heterocycles. The monoisotopic (exact) mass is 288 g/mol. The third-order valence-corrected chi connectivity index (χ3v) is 4.59. The molecule has 116 valence electrons. The van der Waals surface area contributed by atoms with Crippen LogP contribution in [0.25, 0.3) is 0 Å². The van der Waals surface area contributed by atoms with E-state index in [2.05, 4.69) is 39.0 Å². The van der Waals surface area contributed by atoms with Crippen molar-refractivity contribution < 1.29 is 4.79 Å². The van der Waals surface area contributed by atoms with Crippen LogP contribution in [0, 0.1) is 19.8 Å². The summed E-state index contributed by atoms with van der Waals surface area (Å²) in [6.45, 7) is 7.89. The molecule has 1 fully saturated rings. The van der Waals surface area contributed by atoms with E-state index in [0.29, 0.717) is 18.9 Å². The first-order valence-corrected chi connectivity index (χ1v) is 8.11. The lowest BCUT2D eigenvalue weighted by Crippen LogP contribution is -2.36. The summed E-state index contributed by atoms with van der Waals surface area (Å²) in [5, 5.41) is 0. The van der Waals surface area contributed by atoms with E-state index in [4.69, 9.17) is 5.73 Å². The molecule has 1 heterocycles. The summed E-state index contributed by atoms with van der Waals surface area (Å²) < 4.78 is 0. The summed E-state index contributed by atoms with van der Waals surface area (Å²) in [7, 11) is 0. The lowest BCUT2D eigenvalue weighted by atomic mass is 9.98. The van der Waals surface area contributed by atoms with Crippen molar-refractivity contribution in [3.05, 3.63) is 34.9 Å². The van der Waals surface area contributed by atoms with Gasteiger partial charge in [-0.2, -0.15) is 0 Å². The second kappa shape index (κ2) is 7.08. The second-order valence-electron chi connectivity index (χ2n) is 6.47. The standard InChI is InChI=1S/C18H28N2O/c1-4-15-5-6-18(21)20(8-7-15)12-17(19)16-10-13(2)9-14(3)11-16/h9-11,15,17H,4-8,12,19H2,1-3H3. The number of nitrogens with two attached hydrogens (primary N) is 1. The van der Waals surface area contributed by atoms with Gasteiger partial charge in [0.1, 0.15) is 0 Å². The molecule has 1 aromatic carbocycles. The van der Waals surface area contributed by atoms with Crippen LogP contribution in [0.3, 0.4) is 0 Å². The minimum absolute atomic E-state index is 0.0919. The van der Waals surface area contributed by atoms with Crippen LogP contribution in [-0.2, 0) is 4.79 Å². The third-order valence-electron chi connectivity index (χ3n) is 4.59. The van der Waals surface area contributed by atoms with Crippen molar-refractivity contribution in [2.45, 2.75) is 52.5 Å². The normalized spacial score (nSPS) is 21.2. The topological polar surface area (TPSA) is 46.3 Å².